The summed E-state index contributed by atoms with van der Waals surface area (Å²) in [5.74, 6) is 0. The van der Waals surface area contributed by atoms with E-state index in [0.29, 0.717) is 10.7 Å². The monoisotopic (exact) mass is 201 g/mol. The standard InChI is InChI=1S/C8H3N5S/c9-4-8-11-6-2-1-5(12-13-10)3-7(6)14-8/h1-3H. The molecular formula is C8H3N5S. The number of benzene rings is 1. The molecule has 0 aliphatic heterocycles. The maximum Gasteiger partial charge on any atom is 0.195 e. The van der Waals surface area contributed by atoms with E-state index in [0.717, 1.165) is 10.2 Å². The first kappa shape index (κ1) is 8.51. The predicted octanol–water partition coefficient (Wildman–Crippen LogP) is 3.11. The third kappa shape index (κ3) is 1.38. The molecule has 1 heterocycles. The van der Waals surface area contributed by atoms with E-state index in [9.17, 15) is 0 Å². The van der Waals surface area contributed by atoms with Gasteiger partial charge in [-0.15, -0.1) is 11.3 Å². The molecule has 0 radical (unpaired) electrons. The highest BCUT2D eigenvalue weighted by molar-refractivity contribution is 7.19. The van der Waals surface area contributed by atoms with Crippen LogP contribution in [0.5, 0.6) is 0 Å². The number of azide groups is 1. The molecule has 0 N–H and O–H groups in total. The lowest BCUT2D eigenvalue weighted by Gasteiger charge is -1.88. The molecule has 0 atom stereocenters. The zero-order valence-corrected chi connectivity index (χ0v) is 7.69. The van der Waals surface area contributed by atoms with Crippen molar-refractivity contribution in [3.05, 3.63) is 33.6 Å². The van der Waals surface area contributed by atoms with Crippen LogP contribution in [0.3, 0.4) is 0 Å². The van der Waals surface area contributed by atoms with Crippen molar-refractivity contribution in [1.82, 2.24) is 4.98 Å². The minimum absolute atomic E-state index is 0.415. The number of nitriles is 1. The van der Waals surface area contributed by atoms with Gasteiger partial charge in [0, 0.05) is 10.6 Å². The molecule has 0 amide bonds. The maximum atomic E-state index is 8.63. The number of fused-ring (bicyclic) bond motifs is 1. The summed E-state index contributed by atoms with van der Waals surface area (Å²) in [5, 5.41) is 12.5. The molecule has 2 rings (SSSR count). The van der Waals surface area contributed by atoms with Crippen LogP contribution in [0, 0.1) is 11.3 Å². The van der Waals surface area contributed by atoms with Crippen molar-refractivity contribution in [2.24, 2.45) is 5.11 Å². The van der Waals surface area contributed by atoms with Gasteiger partial charge in [0.15, 0.2) is 5.01 Å². The fourth-order valence-corrected chi connectivity index (χ4v) is 1.87. The Kier molecular flexibility index (Phi) is 2.03. The number of hydrogen-bond acceptors (Lipinski definition) is 4. The van der Waals surface area contributed by atoms with E-state index >= 15 is 0 Å². The van der Waals surface area contributed by atoms with Crippen LogP contribution in [-0.2, 0) is 0 Å². The molecule has 0 spiro atoms. The highest BCUT2D eigenvalue weighted by Gasteiger charge is 2.02. The van der Waals surface area contributed by atoms with Crippen molar-refractivity contribution in [1.29, 1.82) is 5.26 Å². The fraction of sp³-hybridized carbons (Fsp3) is 0. The summed E-state index contributed by atoms with van der Waals surface area (Å²) in [6.45, 7) is 0. The Morgan fingerprint density at radius 3 is 3.14 bits per heavy atom. The summed E-state index contributed by atoms with van der Waals surface area (Å²) in [6, 6.07) is 7.09. The number of aromatic nitrogens is 1. The molecule has 5 nitrogen and oxygen atoms in total. The number of rotatable bonds is 1. The quantitative estimate of drug-likeness (QED) is 0.403. The van der Waals surface area contributed by atoms with Crippen LogP contribution >= 0.6 is 11.3 Å². The molecule has 0 fully saturated rings. The molecule has 0 saturated heterocycles. The molecule has 0 aliphatic rings. The van der Waals surface area contributed by atoms with Crippen molar-refractivity contribution < 1.29 is 0 Å². The van der Waals surface area contributed by atoms with Gasteiger partial charge in [0.05, 0.1) is 10.2 Å². The largest absolute Gasteiger partial charge is 0.226 e. The van der Waals surface area contributed by atoms with Crippen LogP contribution in [0.4, 0.5) is 5.69 Å². The van der Waals surface area contributed by atoms with Crippen molar-refractivity contribution in [2.45, 2.75) is 0 Å². The second kappa shape index (κ2) is 3.34. The van der Waals surface area contributed by atoms with E-state index in [-0.39, 0.29) is 0 Å². The van der Waals surface area contributed by atoms with E-state index in [2.05, 4.69) is 15.0 Å². The summed E-state index contributed by atoms with van der Waals surface area (Å²) in [5.41, 5.74) is 9.53. The van der Waals surface area contributed by atoms with Crippen molar-refractivity contribution in [2.75, 3.05) is 0 Å². The van der Waals surface area contributed by atoms with E-state index in [1.807, 2.05) is 6.07 Å². The van der Waals surface area contributed by atoms with Crippen molar-refractivity contribution in [3.63, 3.8) is 0 Å². The molecule has 6 heteroatoms. The molecule has 14 heavy (non-hydrogen) atoms. The smallest absolute Gasteiger partial charge is 0.195 e. The van der Waals surface area contributed by atoms with Crippen molar-refractivity contribution >= 4 is 27.2 Å². The minimum Gasteiger partial charge on any atom is -0.226 e. The second-order valence-corrected chi connectivity index (χ2v) is 3.50. The Balaban J connectivity index is 2.66. The third-order valence-corrected chi connectivity index (χ3v) is 2.55. The third-order valence-electron chi connectivity index (χ3n) is 1.63. The topological polar surface area (TPSA) is 85.4 Å². The predicted molar refractivity (Wildman–Crippen MR) is 53.1 cm³/mol. The first-order valence-corrected chi connectivity index (χ1v) is 4.51. The molecule has 2 aromatic rings. The van der Waals surface area contributed by atoms with Crippen LogP contribution in [0.25, 0.3) is 20.7 Å². The van der Waals surface area contributed by atoms with E-state index in [1.54, 1.807) is 18.2 Å². The molecule has 0 saturated carbocycles. The lowest BCUT2D eigenvalue weighted by Crippen LogP contribution is -1.68. The number of thiazole rings is 1. The minimum atomic E-state index is 0.415. The summed E-state index contributed by atoms with van der Waals surface area (Å²) in [7, 11) is 0. The molecule has 1 aromatic carbocycles. The Bertz CT molecular complexity index is 573. The molecule has 0 bridgehead atoms. The fourth-order valence-electron chi connectivity index (χ4n) is 1.07. The summed E-state index contributed by atoms with van der Waals surface area (Å²) in [4.78, 5) is 6.74. The van der Waals surface area contributed by atoms with Gasteiger partial charge >= 0.3 is 0 Å². The van der Waals surface area contributed by atoms with Crippen LogP contribution < -0.4 is 0 Å². The van der Waals surface area contributed by atoms with Gasteiger partial charge in [0.2, 0.25) is 0 Å². The van der Waals surface area contributed by atoms with E-state index in [1.165, 1.54) is 11.3 Å². The zero-order valence-electron chi connectivity index (χ0n) is 6.88. The van der Waals surface area contributed by atoms with Crippen molar-refractivity contribution in [3.8, 4) is 6.07 Å². The second-order valence-electron chi connectivity index (χ2n) is 2.47. The van der Waals surface area contributed by atoms with Gasteiger partial charge in [-0.05, 0) is 17.7 Å². The summed E-state index contributed by atoms with van der Waals surface area (Å²) in [6.07, 6.45) is 0. The molecule has 0 aliphatic carbocycles. The van der Waals surface area contributed by atoms with Crippen LogP contribution in [0.1, 0.15) is 5.01 Å². The lowest BCUT2D eigenvalue weighted by molar-refractivity contribution is 1.40. The van der Waals surface area contributed by atoms with Crippen LogP contribution in [-0.4, -0.2) is 4.98 Å². The Morgan fingerprint density at radius 1 is 1.57 bits per heavy atom. The zero-order chi connectivity index (χ0) is 9.97. The molecule has 66 valence electrons. The van der Waals surface area contributed by atoms with E-state index < -0.39 is 0 Å². The SMILES string of the molecule is N#Cc1nc2ccc(N=[N+]=[N-])cc2s1. The Morgan fingerprint density at radius 2 is 2.43 bits per heavy atom. The number of nitrogens with zero attached hydrogens (tertiary/aromatic N) is 5. The lowest BCUT2D eigenvalue weighted by atomic mass is 10.3. The van der Waals surface area contributed by atoms with Crippen LogP contribution in [0.2, 0.25) is 0 Å². The maximum absolute atomic E-state index is 8.63. The molecule has 1 aromatic heterocycles. The molecular weight excluding hydrogens is 198 g/mol. The van der Waals surface area contributed by atoms with Gasteiger partial charge < -0.3 is 0 Å². The average molecular weight is 201 g/mol. The van der Waals surface area contributed by atoms with E-state index in [4.69, 9.17) is 10.8 Å². The number of hydrogen-bond donors (Lipinski definition) is 0. The normalized spacial score (nSPS) is 9.36. The van der Waals surface area contributed by atoms with Gasteiger partial charge in [-0.3, -0.25) is 0 Å². The van der Waals surface area contributed by atoms with Gasteiger partial charge in [0.1, 0.15) is 6.07 Å². The first-order valence-electron chi connectivity index (χ1n) is 3.69. The van der Waals surface area contributed by atoms with Gasteiger partial charge in [-0.2, -0.15) is 5.26 Å². The van der Waals surface area contributed by atoms with Gasteiger partial charge in [0.25, 0.3) is 0 Å². The highest BCUT2D eigenvalue weighted by Crippen LogP contribution is 2.26. The molecule has 0 unspecified atom stereocenters. The Labute approximate surface area is 82.9 Å². The summed E-state index contributed by atoms with van der Waals surface area (Å²) < 4.78 is 0.853. The Hall–Kier alpha value is -2.09. The van der Waals surface area contributed by atoms with Gasteiger partial charge in [-0.1, -0.05) is 11.2 Å². The first-order chi connectivity index (χ1) is 6.83. The summed E-state index contributed by atoms with van der Waals surface area (Å²) >= 11 is 1.28. The van der Waals surface area contributed by atoms with Gasteiger partial charge in [-0.25, -0.2) is 4.98 Å². The van der Waals surface area contributed by atoms with Crippen LogP contribution in [0.15, 0.2) is 23.3 Å². The average Bonchev–Trinajstić information content (AvgIpc) is 2.60. The highest BCUT2D eigenvalue weighted by atomic mass is 32.1.